The highest BCUT2D eigenvalue weighted by atomic mass is 19.1. The highest BCUT2D eigenvalue weighted by Gasteiger charge is 2.20. The third kappa shape index (κ3) is 3.79. The van der Waals surface area contributed by atoms with Gasteiger partial charge in [0.25, 0.3) is 0 Å². The summed E-state index contributed by atoms with van der Waals surface area (Å²) in [4.78, 5) is 2.04. The Morgan fingerprint density at radius 2 is 1.52 bits per heavy atom. The molecule has 1 saturated carbocycles. The number of rotatable bonds is 6. The van der Waals surface area contributed by atoms with Crippen molar-refractivity contribution in [2.75, 3.05) is 18.5 Å². The van der Waals surface area contributed by atoms with Crippen LogP contribution in [0, 0.1) is 11.6 Å². The number of aromatic nitrogens is 1. The number of nitrogens with zero attached hydrogens (tertiary/aromatic N) is 2. The molecule has 0 saturated heterocycles. The lowest BCUT2D eigenvalue weighted by atomic mass is 9.80. The van der Waals surface area contributed by atoms with Crippen LogP contribution in [0.3, 0.4) is 0 Å². The molecule has 1 fully saturated rings. The van der Waals surface area contributed by atoms with Crippen LogP contribution in [-0.2, 0) is 6.54 Å². The molecule has 0 radical (unpaired) electrons. The minimum Gasteiger partial charge on any atom is -0.389 e. The first-order valence-electron chi connectivity index (χ1n) is 10.9. The van der Waals surface area contributed by atoms with Crippen molar-refractivity contribution in [2.24, 2.45) is 0 Å². The Morgan fingerprint density at radius 1 is 0.935 bits per heavy atom. The van der Waals surface area contributed by atoms with Crippen LogP contribution < -0.4 is 4.90 Å². The Balaban J connectivity index is 1.37. The SMILES string of the molecule is CN(CC(O)Cn1c2ccc(F)cc2c2cc(F)ccc21)c1ccc(C2CCC2)cc1. The molecule has 5 heteroatoms. The maximum Gasteiger partial charge on any atom is 0.123 e. The van der Waals surface area contributed by atoms with E-state index < -0.39 is 6.10 Å². The van der Waals surface area contributed by atoms with Crippen molar-refractivity contribution in [3.05, 3.63) is 77.9 Å². The fraction of sp³-hybridized carbons (Fsp3) is 0.308. The summed E-state index contributed by atoms with van der Waals surface area (Å²) in [6.45, 7) is 0.786. The number of fused-ring (bicyclic) bond motifs is 3. The lowest BCUT2D eigenvalue weighted by molar-refractivity contribution is 0.163. The van der Waals surface area contributed by atoms with Gasteiger partial charge in [0.2, 0.25) is 0 Å². The van der Waals surface area contributed by atoms with Crippen molar-refractivity contribution in [3.8, 4) is 0 Å². The van der Waals surface area contributed by atoms with Gasteiger partial charge in [-0.3, -0.25) is 0 Å². The van der Waals surface area contributed by atoms with Gasteiger partial charge in [-0.2, -0.15) is 0 Å². The monoisotopic (exact) mass is 420 g/mol. The molecule has 1 aliphatic carbocycles. The van der Waals surface area contributed by atoms with E-state index in [1.54, 1.807) is 12.1 Å². The molecule has 1 N–H and O–H groups in total. The summed E-state index contributed by atoms with van der Waals surface area (Å²) in [5, 5.41) is 12.2. The van der Waals surface area contributed by atoms with Crippen LogP contribution in [0.15, 0.2) is 60.7 Å². The second-order valence-electron chi connectivity index (χ2n) is 8.69. The number of aliphatic hydroxyl groups is 1. The van der Waals surface area contributed by atoms with Crippen molar-refractivity contribution in [1.29, 1.82) is 0 Å². The van der Waals surface area contributed by atoms with Gasteiger partial charge in [-0.1, -0.05) is 18.6 Å². The quantitative estimate of drug-likeness (QED) is 0.425. The van der Waals surface area contributed by atoms with Crippen molar-refractivity contribution in [2.45, 2.75) is 37.8 Å². The van der Waals surface area contributed by atoms with E-state index in [2.05, 4.69) is 24.3 Å². The van der Waals surface area contributed by atoms with Crippen LogP contribution in [0.4, 0.5) is 14.5 Å². The molecular formula is C26H26F2N2O. The van der Waals surface area contributed by atoms with Crippen LogP contribution in [0.25, 0.3) is 21.8 Å². The fourth-order valence-electron chi connectivity index (χ4n) is 4.68. The third-order valence-electron chi connectivity index (χ3n) is 6.58. The van der Waals surface area contributed by atoms with Crippen molar-refractivity contribution < 1.29 is 13.9 Å². The first-order chi connectivity index (χ1) is 15.0. The van der Waals surface area contributed by atoms with Gasteiger partial charge < -0.3 is 14.6 Å². The lowest BCUT2D eigenvalue weighted by Crippen LogP contribution is -2.32. The molecule has 160 valence electrons. The van der Waals surface area contributed by atoms with E-state index >= 15 is 0 Å². The standard InChI is InChI=1S/C26H26F2N2O/c1-29(21-9-5-18(6-10-21)17-3-2-4-17)15-22(31)16-30-25-11-7-19(27)13-23(25)24-14-20(28)8-12-26(24)30/h5-14,17,22,31H,2-4,15-16H2,1H3. The molecule has 5 rings (SSSR count). The summed E-state index contributed by atoms with van der Waals surface area (Å²) >= 11 is 0. The van der Waals surface area contributed by atoms with Crippen molar-refractivity contribution in [3.63, 3.8) is 0 Å². The predicted molar refractivity (Wildman–Crippen MR) is 122 cm³/mol. The van der Waals surface area contributed by atoms with Gasteiger partial charge in [-0.25, -0.2) is 8.78 Å². The minimum atomic E-state index is -0.648. The Kier molecular flexibility index (Phi) is 5.14. The Bertz CT molecular complexity index is 1170. The minimum absolute atomic E-state index is 0.335. The van der Waals surface area contributed by atoms with Gasteiger partial charge >= 0.3 is 0 Å². The van der Waals surface area contributed by atoms with Crippen LogP contribution in [-0.4, -0.2) is 29.4 Å². The average Bonchev–Trinajstić information content (AvgIpc) is 2.99. The zero-order chi connectivity index (χ0) is 21.5. The molecule has 0 spiro atoms. The molecule has 3 aromatic carbocycles. The van der Waals surface area contributed by atoms with Crippen LogP contribution in [0.2, 0.25) is 0 Å². The van der Waals surface area contributed by atoms with E-state index in [0.29, 0.717) is 29.8 Å². The normalized spacial score (nSPS) is 15.4. The largest absolute Gasteiger partial charge is 0.389 e. The molecule has 4 aromatic rings. The number of likely N-dealkylation sites (N-methyl/N-ethyl adjacent to an activating group) is 1. The number of hydrogen-bond donors (Lipinski definition) is 1. The molecule has 1 heterocycles. The highest BCUT2D eigenvalue weighted by molar-refractivity contribution is 6.08. The van der Waals surface area contributed by atoms with E-state index in [9.17, 15) is 13.9 Å². The van der Waals surface area contributed by atoms with Gasteiger partial charge in [0, 0.05) is 41.1 Å². The smallest absolute Gasteiger partial charge is 0.123 e. The van der Waals surface area contributed by atoms with Gasteiger partial charge in [0.15, 0.2) is 0 Å². The summed E-state index contributed by atoms with van der Waals surface area (Å²) in [6, 6.07) is 17.7. The lowest BCUT2D eigenvalue weighted by Gasteiger charge is -2.27. The molecule has 31 heavy (non-hydrogen) atoms. The Morgan fingerprint density at radius 3 is 2.03 bits per heavy atom. The molecular weight excluding hydrogens is 394 g/mol. The molecule has 1 aliphatic rings. The number of aliphatic hydroxyl groups excluding tert-OH is 1. The summed E-state index contributed by atoms with van der Waals surface area (Å²) in [5.41, 5.74) is 4.03. The number of anilines is 1. The molecule has 0 bridgehead atoms. The first-order valence-corrected chi connectivity index (χ1v) is 10.9. The fourth-order valence-corrected chi connectivity index (χ4v) is 4.68. The van der Waals surface area contributed by atoms with Gasteiger partial charge in [-0.15, -0.1) is 0 Å². The topological polar surface area (TPSA) is 28.4 Å². The van der Waals surface area contributed by atoms with E-state index in [-0.39, 0.29) is 11.6 Å². The highest BCUT2D eigenvalue weighted by Crippen LogP contribution is 2.37. The van der Waals surface area contributed by atoms with Crippen LogP contribution >= 0.6 is 0 Å². The molecule has 1 aromatic heterocycles. The zero-order valence-corrected chi connectivity index (χ0v) is 17.6. The summed E-state index contributed by atoms with van der Waals surface area (Å²) in [5.74, 6) is -0.0159. The predicted octanol–water partition coefficient (Wildman–Crippen LogP) is 5.84. The number of hydrogen-bond acceptors (Lipinski definition) is 2. The maximum atomic E-state index is 13.8. The Hall–Kier alpha value is -2.92. The van der Waals surface area contributed by atoms with E-state index in [4.69, 9.17) is 0 Å². The molecule has 3 nitrogen and oxygen atoms in total. The Labute approximate surface area is 180 Å². The van der Waals surface area contributed by atoms with Crippen molar-refractivity contribution in [1.82, 2.24) is 4.57 Å². The number of benzene rings is 3. The first kappa shape index (κ1) is 20.0. The van der Waals surface area contributed by atoms with E-state index in [1.165, 1.54) is 49.1 Å². The molecule has 0 amide bonds. The van der Waals surface area contributed by atoms with Gasteiger partial charge in [-0.05, 0) is 72.9 Å². The maximum absolute atomic E-state index is 13.8. The molecule has 1 unspecified atom stereocenters. The van der Waals surface area contributed by atoms with Gasteiger partial charge in [0.1, 0.15) is 11.6 Å². The number of halogens is 2. The van der Waals surface area contributed by atoms with Gasteiger partial charge in [0.05, 0.1) is 12.6 Å². The zero-order valence-electron chi connectivity index (χ0n) is 17.6. The molecule has 0 aliphatic heterocycles. The molecule has 1 atom stereocenters. The second kappa shape index (κ2) is 7.97. The summed E-state index contributed by atoms with van der Waals surface area (Å²) in [6.07, 6.45) is 3.23. The summed E-state index contributed by atoms with van der Waals surface area (Å²) in [7, 11) is 1.97. The second-order valence-corrected chi connectivity index (χ2v) is 8.69. The summed E-state index contributed by atoms with van der Waals surface area (Å²) < 4.78 is 29.6. The third-order valence-corrected chi connectivity index (χ3v) is 6.58. The average molecular weight is 421 g/mol. The van der Waals surface area contributed by atoms with Crippen LogP contribution in [0.1, 0.15) is 30.7 Å². The van der Waals surface area contributed by atoms with E-state index in [0.717, 1.165) is 16.7 Å². The van der Waals surface area contributed by atoms with Crippen LogP contribution in [0.5, 0.6) is 0 Å². The van der Waals surface area contributed by atoms with E-state index in [1.807, 2.05) is 16.5 Å². The van der Waals surface area contributed by atoms with Crippen molar-refractivity contribution >= 4 is 27.5 Å².